The van der Waals surface area contributed by atoms with Crippen LogP contribution in [-0.2, 0) is 10.2 Å². The summed E-state index contributed by atoms with van der Waals surface area (Å²) in [4.78, 5) is 10.7. The van der Waals surface area contributed by atoms with E-state index in [4.69, 9.17) is 0 Å². The Morgan fingerprint density at radius 3 is 2.75 bits per heavy atom. The maximum Gasteiger partial charge on any atom is 0.433 e. The second-order valence-corrected chi connectivity index (χ2v) is 3.60. The molecular weight excluding hydrogens is 184 g/mol. The number of aromatic nitrogens is 1. The van der Waals surface area contributed by atoms with Crippen molar-refractivity contribution in [2.45, 2.75) is 6.92 Å². The number of nitrogens with zero attached hydrogens (tertiary/aromatic N) is 1. The summed E-state index contributed by atoms with van der Waals surface area (Å²) in [5.74, 6) is -0.920. The summed E-state index contributed by atoms with van der Waals surface area (Å²) < 4.78 is 29.1. The van der Waals surface area contributed by atoms with Gasteiger partial charge in [0.05, 0.1) is 6.20 Å². The van der Waals surface area contributed by atoms with Crippen LogP contribution in [0.15, 0.2) is 21.7 Å². The Balaban J connectivity index is 3.15. The molecule has 0 amide bonds. The van der Waals surface area contributed by atoms with Crippen LogP contribution in [0.1, 0.15) is 6.92 Å². The first kappa shape index (κ1) is 9.01. The Morgan fingerprint density at radius 1 is 1.67 bits per heavy atom. The van der Waals surface area contributed by atoms with Gasteiger partial charge in [0.2, 0.25) is 0 Å². The fraction of sp³-hybridized carbons (Fsp3) is 0.400. The summed E-state index contributed by atoms with van der Waals surface area (Å²) in [6, 6.07) is 0. The van der Waals surface area contributed by atoms with Crippen molar-refractivity contribution in [2.75, 3.05) is 6.54 Å². The fourth-order valence-corrected chi connectivity index (χ4v) is 1.64. The lowest BCUT2D eigenvalue weighted by Gasteiger charge is -2.00. The van der Waals surface area contributed by atoms with Gasteiger partial charge in [-0.15, -0.1) is 0 Å². The normalized spacial score (nSPS) is 11.8. The van der Waals surface area contributed by atoms with Crippen LogP contribution in [0.5, 0.6) is 0 Å². The summed E-state index contributed by atoms with van der Waals surface area (Å²) in [5.41, 5.74) is 0. The molecule has 0 radical (unpaired) electrons. The smallest absolute Gasteiger partial charge is 0.416 e. The maximum absolute atomic E-state index is 11.1. The molecule has 0 atom stereocenters. The molecule has 0 fully saturated rings. The molecule has 7 heteroatoms. The highest BCUT2D eigenvalue weighted by Crippen LogP contribution is 1.88. The quantitative estimate of drug-likeness (QED) is 0.676. The minimum Gasteiger partial charge on any atom is -0.416 e. The monoisotopic (exact) mass is 192 g/mol. The Hall–Kier alpha value is -1.08. The van der Waals surface area contributed by atoms with Crippen molar-refractivity contribution < 1.29 is 12.8 Å². The van der Waals surface area contributed by atoms with E-state index in [0.29, 0.717) is 3.97 Å². The van der Waals surface area contributed by atoms with E-state index in [1.807, 2.05) is 0 Å². The minimum atomic E-state index is -3.74. The molecule has 0 aliphatic carbocycles. The topological polar surface area (TPSA) is 81.3 Å². The van der Waals surface area contributed by atoms with Crippen LogP contribution in [0.25, 0.3) is 0 Å². The zero-order valence-electron chi connectivity index (χ0n) is 6.35. The summed E-state index contributed by atoms with van der Waals surface area (Å²) in [6.07, 6.45) is 2.05. The molecule has 12 heavy (non-hydrogen) atoms. The number of oxazole rings is 1. The average Bonchev–Trinajstić information content (AvgIpc) is 2.35. The predicted octanol–water partition coefficient (Wildman–Crippen LogP) is -0.856. The van der Waals surface area contributed by atoms with Gasteiger partial charge in [-0.1, -0.05) is 6.92 Å². The van der Waals surface area contributed by atoms with Crippen molar-refractivity contribution in [3.63, 3.8) is 0 Å². The minimum absolute atomic E-state index is 0.222. The van der Waals surface area contributed by atoms with E-state index in [1.165, 1.54) is 0 Å². The second-order valence-electron chi connectivity index (χ2n) is 1.97. The first-order valence-electron chi connectivity index (χ1n) is 3.24. The molecule has 1 aromatic heterocycles. The van der Waals surface area contributed by atoms with Crippen LogP contribution in [-0.4, -0.2) is 18.9 Å². The Bertz CT molecular complexity index is 401. The number of rotatable bonds is 3. The van der Waals surface area contributed by atoms with Crippen molar-refractivity contribution in [1.82, 2.24) is 8.69 Å². The molecule has 0 saturated carbocycles. The molecule has 0 aliphatic heterocycles. The molecular formula is C5H8N2O4S. The highest BCUT2D eigenvalue weighted by molar-refractivity contribution is 7.87. The van der Waals surface area contributed by atoms with E-state index >= 15 is 0 Å². The first-order chi connectivity index (χ1) is 5.58. The van der Waals surface area contributed by atoms with E-state index in [1.54, 1.807) is 6.92 Å². The lowest BCUT2D eigenvalue weighted by atomic mass is 10.8. The van der Waals surface area contributed by atoms with Crippen LogP contribution in [0.2, 0.25) is 0 Å². The molecule has 1 rings (SSSR count). The van der Waals surface area contributed by atoms with Crippen LogP contribution < -0.4 is 10.5 Å². The number of hydrogen-bond donors (Lipinski definition) is 1. The molecule has 0 spiro atoms. The molecule has 0 bridgehead atoms. The maximum atomic E-state index is 11.1. The van der Waals surface area contributed by atoms with E-state index in [0.717, 1.165) is 12.5 Å². The highest BCUT2D eigenvalue weighted by Gasteiger charge is 2.13. The SMILES string of the molecule is CCNS(=O)(=O)n1ccoc1=O. The van der Waals surface area contributed by atoms with Gasteiger partial charge in [0.1, 0.15) is 6.26 Å². The molecule has 1 N–H and O–H groups in total. The van der Waals surface area contributed by atoms with Crippen LogP contribution in [0.4, 0.5) is 0 Å². The third kappa shape index (κ3) is 1.56. The molecule has 0 unspecified atom stereocenters. The van der Waals surface area contributed by atoms with Gasteiger partial charge < -0.3 is 4.42 Å². The second kappa shape index (κ2) is 3.11. The third-order valence-corrected chi connectivity index (χ3v) is 2.57. The van der Waals surface area contributed by atoms with Gasteiger partial charge in [-0.3, -0.25) is 0 Å². The van der Waals surface area contributed by atoms with E-state index in [2.05, 4.69) is 9.14 Å². The standard InChI is InChI=1S/C5H8N2O4S/c1-2-6-12(9,10)7-3-4-11-5(7)8/h3-4,6H,2H2,1H3. The van der Waals surface area contributed by atoms with E-state index in [9.17, 15) is 13.2 Å². The van der Waals surface area contributed by atoms with Gasteiger partial charge in [-0.2, -0.15) is 17.1 Å². The largest absolute Gasteiger partial charge is 0.433 e. The number of nitrogens with one attached hydrogen (secondary N) is 1. The van der Waals surface area contributed by atoms with Gasteiger partial charge >= 0.3 is 16.0 Å². The first-order valence-corrected chi connectivity index (χ1v) is 4.68. The predicted molar refractivity (Wildman–Crippen MR) is 41.0 cm³/mol. The van der Waals surface area contributed by atoms with E-state index < -0.39 is 16.0 Å². The third-order valence-electron chi connectivity index (χ3n) is 1.13. The Morgan fingerprint density at radius 2 is 2.33 bits per heavy atom. The Kier molecular flexibility index (Phi) is 2.34. The van der Waals surface area contributed by atoms with Crippen LogP contribution in [0.3, 0.4) is 0 Å². The van der Waals surface area contributed by atoms with Crippen molar-refractivity contribution in [3.05, 3.63) is 23.0 Å². The van der Waals surface area contributed by atoms with Gasteiger partial charge in [0.15, 0.2) is 0 Å². The summed E-state index contributed by atoms with van der Waals surface area (Å²) in [5, 5.41) is 0. The van der Waals surface area contributed by atoms with Crippen molar-refractivity contribution >= 4 is 10.2 Å². The summed E-state index contributed by atoms with van der Waals surface area (Å²) >= 11 is 0. The van der Waals surface area contributed by atoms with Crippen molar-refractivity contribution in [1.29, 1.82) is 0 Å². The van der Waals surface area contributed by atoms with Crippen molar-refractivity contribution in [3.8, 4) is 0 Å². The molecule has 0 aliphatic rings. The van der Waals surface area contributed by atoms with Gasteiger partial charge in [-0.25, -0.2) is 4.79 Å². The fourth-order valence-electron chi connectivity index (χ4n) is 0.687. The van der Waals surface area contributed by atoms with Gasteiger partial charge in [0, 0.05) is 6.54 Å². The van der Waals surface area contributed by atoms with Crippen LogP contribution in [0, 0.1) is 0 Å². The lowest BCUT2D eigenvalue weighted by molar-refractivity contribution is 0.501. The summed E-state index contributed by atoms with van der Waals surface area (Å²) in [7, 11) is -3.74. The van der Waals surface area contributed by atoms with E-state index in [-0.39, 0.29) is 6.54 Å². The van der Waals surface area contributed by atoms with Crippen molar-refractivity contribution in [2.24, 2.45) is 0 Å². The molecule has 1 aromatic rings. The molecule has 0 aromatic carbocycles. The lowest BCUT2D eigenvalue weighted by Crippen LogP contribution is -2.34. The Labute approximate surface area is 69.0 Å². The zero-order valence-corrected chi connectivity index (χ0v) is 7.17. The zero-order chi connectivity index (χ0) is 9.19. The molecule has 0 saturated heterocycles. The van der Waals surface area contributed by atoms with Gasteiger partial charge in [0.25, 0.3) is 0 Å². The molecule has 1 heterocycles. The van der Waals surface area contributed by atoms with Crippen LogP contribution >= 0.6 is 0 Å². The average molecular weight is 192 g/mol. The highest BCUT2D eigenvalue weighted by atomic mass is 32.2. The number of hydrogen-bond acceptors (Lipinski definition) is 4. The molecule has 68 valence electrons. The molecule has 6 nitrogen and oxygen atoms in total. The summed E-state index contributed by atoms with van der Waals surface area (Å²) in [6.45, 7) is 1.84. The van der Waals surface area contributed by atoms with Gasteiger partial charge in [-0.05, 0) is 0 Å².